The first-order valence-corrected chi connectivity index (χ1v) is 16.0. The predicted molar refractivity (Wildman–Crippen MR) is 195 cm³/mol. The molecule has 0 amide bonds. The zero-order valence-electron chi connectivity index (χ0n) is 25.7. The Morgan fingerprint density at radius 1 is 0.396 bits per heavy atom. The van der Waals surface area contributed by atoms with Crippen LogP contribution in [-0.2, 0) is 0 Å². The monoisotopic (exact) mass is 614 g/mol. The average Bonchev–Trinajstić information content (AvgIpc) is 3.66. The Kier molecular flexibility index (Phi) is 5.77. The zero-order chi connectivity index (χ0) is 31.6. The molecule has 48 heavy (non-hydrogen) atoms. The summed E-state index contributed by atoms with van der Waals surface area (Å²) in [4.78, 5) is 20.2. The molecule has 0 saturated heterocycles. The van der Waals surface area contributed by atoms with E-state index < -0.39 is 0 Å². The van der Waals surface area contributed by atoms with Gasteiger partial charge in [0.1, 0.15) is 0 Å². The van der Waals surface area contributed by atoms with Gasteiger partial charge in [-0.3, -0.25) is 4.57 Å². The topological polar surface area (TPSA) is 61.4 Å². The molecule has 0 bridgehead atoms. The minimum absolute atomic E-state index is 0.566. The molecule has 0 saturated carbocycles. The summed E-state index contributed by atoms with van der Waals surface area (Å²) in [5.41, 5.74) is 8.84. The van der Waals surface area contributed by atoms with Crippen molar-refractivity contribution in [1.29, 1.82) is 0 Å². The van der Waals surface area contributed by atoms with E-state index in [0.29, 0.717) is 17.4 Å². The smallest absolute Gasteiger partial charge is 0.237 e. The van der Waals surface area contributed by atoms with Gasteiger partial charge in [0.25, 0.3) is 0 Å². The molecule has 0 spiro atoms. The van der Waals surface area contributed by atoms with Crippen LogP contribution in [0, 0.1) is 0 Å². The van der Waals surface area contributed by atoms with E-state index in [0.717, 1.165) is 55.2 Å². The third-order valence-corrected chi connectivity index (χ3v) is 9.20. The predicted octanol–water partition coefficient (Wildman–Crippen LogP) is 9.95. The van der Waals surface area contributed by atoms with E-state index in [1.807, 2.05) is 54.7 Å². The van der Waals surface area contributed by atoms with Crippen molar-refractivity contribution in [3.63, 3.8) is 0 Å². The molecule has 0 aliphatic rings. The second kappa shape index (κ2) is 10.4. The quantitative estimate of drug-likeness (QED) is 0.198. The van der Waals surface area contributed by atoms with E-state index in [1.165, 1.54) is 16.3 Å². The minimum Gasteiger partial charge on any atom is -0.309 e. The highest BCUT2D eigenvalue weighted by Gasteiger charge is 2.21. The second-order valence-electron chi connectivity index (χ2n) is 12.0. The van der Waals surface area contributed by atoms with Gasteiger partial charge in [0.05, 0.1) is 33.1 Å². The molecule has 0 fully saturated rings. The highest BCUT2D eigenvalue weighted by Crippen LogP contribution is 2.39. The second-order valence-corrected chi connectivity index (χ2v) is 12.0. The molecule has 4 heterocycles. The molecule has 10 rings (SSSR count). The van der Waals surface area contributed by atoms with Crippen molar-refractivity contribution in [2.75, 3.05) is 0 Å². The molecule has 0 unspecified atom stereocenters. The number of aromatic nitrogens is 6. The minimum atomic E-state index is 0.566. The van der Waals surface area contributed by atoms with Gasteiger partial charge in [-0.2, -0.15) is 4.98 Å². The lowest BCUT2D eigenvalue weighted by atomic mass is 10.1. The van der Waals surface area contributed by atoms with E-state index in [4.69, 9.17) is 19.9 Å². The maximum Gasteiger partial charge on any atom is 0.237 e. The van der Waals surface area contributed by atoms with Crippen molar-refractivity contribution < 1.29 is 0 Å². The Labute approximate surface area is 275 Å². The Hall–Kier alpha value is -6.66. The third kappa shape index (κ3) is 3.99. The maximum atomic E-state index is 5.28. The molecule has 0 radical (unpaired) electrons. The Balaban J connectivity index is 1.32. The van der Waals surface area contributed by atoms with Gasteiger partial charge in [-0.15, -0.1) is 0 Å². The number of nitrogens with zero attached hydrogens (tertiary/aromatic N) is 6. The van der Waals surface area contributed by atoms with Crippen LogP contribution in [-0.4, -0.2) is 29.1 Å². The van der Waals surface area contributed by atoms with Gasteiger partial charge in [0, 0.05) is 44.6 Å². The summed E-state index contributed by atoms with van der Waals surface area (Å²) in [6, 6.07) is 52.6. The third-order valence-electron chi connectivity index (χ3n) is 9.20. The van der Waals surface area contributed by atoms with E-state index in [9.17, 15) is 0 Å². The van der Waals surface area contributed by atoms with Crippen LogP contribution in [0.15, 0.2) is 158 Å². The summed E-state index contributed by atoms with van der Waals surface area (Å²) in [5, 5.41) is 5.44. The van der Waals surface area contributed by atoms with Gasteiger partial charge in [0.15, 0.2) is 11.5 Å². The van der Waals surface area contributed by atoms with E-state index in [2.05, 4.69) is 112 Å². The van der Waals surface area contributed by atoms with Crippen LogP contribution in [0.3, 0.4) is 0 Å². The number of para-hydroxylation sites is 3. The first-order valence-electron chi connectivity index (χ1n) is 16.0. The van der Waals surface area contributed by atoms with Gasteiger partial charge in [-0.05, 0) is 36.4 Å². The summed E-state index contributed by atoms with van der Waals surface area (Å²) in [5.74, 6) is 1.20. The van der Waals surface area contributed by atoms with Crippen molar-refractivity contribution in [2.45, 2.75) is 0 Å². The standard InChI is InChI=1S/C42H26N6/c1-4-14-27(15-5-1)39-34-26-43-40(28-16-6-2-7-17-28)45-41(34)46-42(44-39)48-36-23-13-11-21-31(36)33-24-37-32(25-38(33)48)30-20-10-12-22-35(30)47(37)29-18-8-3-9-19-29/h1-26H. The molecule has 0 aliphatic carbocycles. The van der Waals surface area contributed by atoms with Crippen LogP contribution >= 0.6 is 0 Å². The molecule has 0 N–H and O–H groups in total. The highest BCUT2D eigenvalue weighted by atomic mass is 15.2. The van der Waals surface area contributed by atoms with E-state index in [-0.39, 0.29) is 0 Å². The Morgan fingerprint density at radius 2 is 0.938 bits per heavy atom. The summed E-state index contributed by atoms with van der Waals surface area (Å²) in [6.45, 7) is 0. The van der Waals surface area contributed by atoms with Crippen LogP contribution in [0.2, 0.25) is 0 Å². The summed E-state index contributed by atoms with van der Waals surface area (Å²) < 4.78 is 4.55. The first-order chi connectivity index (χ1) is 23.8. The van der Waals surface area contributed by atoms with Gasteiger partial charge < -0.3 is 4.57 Å². The van der Waals surface area contributed by atoms with Crippen molar-refractivity contribution in [1.82, 2.24) is 29.1 Å². The van der Waals surface area contributed by atoms with Crippen LogP contribution in [0.25, 0.3) is 88.9 Å². The van der Waals surface area contributed by atoms with Crippen LogP contribution in [0.1, 0.15) is 0 Å². The molecule has 0 atom stereocenters. The highest BCUT2D eigenvalue weighted by molar-refractivity contribution is 6.19. The van der Waals surface area contributed by atoms with Crippen molar-refractivity contribution in [3.05, 3.63) is 158 Å². The fraction of sp³-hybridized carbons (Fsp3) is 0. The Bertz CT molecular complexity index is 2820. The largest absolute Gasteiger partial charge is 0.309 e. The molecule has 6 nitrogen and oxygen atoms in total. The van der Waals surface area contributed by atoms with Crippen LogP contribution in [0.5, 0.6) is 0 Å². The fourth-order valence-electron chi connectivity index (χ4n) is 7.05. The molecule has 10 aromatic rings. The molecule has 0 aliphatic heterocycles. The molecule has 6 aromatic carbocycles. The molecular formula is C42H26N6. The van der Waals surface area contributed by atoms with Crippen molar-refractivity contribution >= 4 is 54.6 Å². The average molecular weight is 615 g/mol. The lowest BCUT2D eigenvalue weighted by Gasteiger charge is -2.12. The SMILES string of the molecule is c1ccc(-c2ncc3c(-c4ccccc4)nc(-n4c5ccccc5c5cc6c(cc54)c4ccccc4n6-c4ccccc4)nc3n2)cc1. The number of hydrogen-bond donors (Lipinski definition) is 0. The Morgan fingerprint density at radius 3 is 1.60 bits per heavy atom. The number of fused-ring (bicyclic) bond motifs is 7. The molecule has 224 valence electrons. The summed E-state index contributed by atoms with van der Waals surface area (Å²) in [7, 11) is 0. The zero-order valence-corrected chi connectivity index (χ0v) is 25.7. The normalized spacial score (nSPS) is 11.8. The maximum absolute atomic E-state index is 5.28. The number of hydrogen-bond acceptors (Lipinski definition) is 4. The number of benzene rings is 6. The van der Waals surface area contributed by atoms with Crippen LogP contribution < -0.4 is 0 Å². The van der Waals surface area contributed by atoms with Crippen LogP contribution in [0.4, 0.5) is 0 Å². The molecular weight excluding hydrogens is 589 g/mol. The first kappa shape index (κ1) is 26.5. The van der Waals surface area contributed by atoms with Gasteiger partial charge in [-0.25, -0.2) is 15.0 Å². The number of rotatable bonds is 4. The van der Waals surface area contributed by atoms with Gasteiger partial charge >= 0.3 is 0 Å². The van der Waals surface area contributed by atoms with E-state index >= 15 is 0 Å². The molecule has 6 heteroatoms. The fourth-order valence-corrected chi connectivity index (χ4v) is 7.05. The summed E-state index contributed by atoms with van der Waals surface area (Å²) >= 11 is 0. The van der Waals surface area contributed by atoms with Crippen molar-refractivity contribution in [3.8, 4) is 34.3 Å². The lowest BCUT2D eigenvalue weighted by molar-refractivity contribution is 1.00. The molecule has 4 aromatic heterocycles. The van der Waals surface area contributed by atoms with E-state index in [1.54, 1.807) is 0 Å². The van der Waals surface area contributed by atoms with Crippen molar-refractivity contribution in [2.24, 2.45) is 0 Å². The summed E-state index contributed by atoms with van der Waals surface area (Å²) in [6.07, 6.45) is 1.85. The van der Waals surface area contributed by atoms with Gasteiger partial charge in [-0.1, -0.05) is 115 Å². The lowest BCUT2D eigenvalue weighted by Crippen LogP contribution is -2.05. The van der Waals surface area contributed by atoms with Gasteiger partial charge in [0.2, 0.25) is 5.95 Å².